The molecule has 1 unspecified atom stereocenters. The number of hydrogen-bond acceptors (Lipinski definition) is 11. The van der Waals surface area contributed by atoms with Crippen LogP contribution in [0, 0.1) is 0 Å². The molecule has 0 aliphatic heterocycles. The summed E-state index contributed by atoms with van der Waals surface area (Å²) in [5.74, 6) is -1.05. The average molecular weight is 779 g/mol. The topological polar surface area (TPSA) is 189 Å². The number of unbranched alkanes of at least 4 members (excludes halogenated alkanes) is 16. The van der Waals surface area contributed by atoms with Gasteiger partial charge >= 0.3 is 19.8 Å². The van der Waals surface area contributed by atoms with Gasteiger partial charge in [0.1, 0.15) is 12.7 Å². The molecule has 0 aliphatic rings. The lowest BCUT2D eigenvalue weighted by molar-refractivity contribution is -0.161. The molecule has 0 aromatic heterocycles. The standard InChI is InChI=1S/C40H75O12P/c1-3-5-7-9-11-12-13-14-15-16-17-21-26-30-40(46)52-36(34-51-53(47,48)50-32-35(42)31-41)33-49-39(45)29-25-22-18-20-24-28-38(44)37(43)27-23-19-10-8-6-4-2/h12-13,19,23,35-38,41-44H,3-11,14-18,20-22,24-34H2,1-2H3,(H,47,48)/b13-12-,23-19-/t35-,36+,37+,38+/m0/s1. The van der Waals surface area contributed by atoms with Crippen LogP contribution in [0.2, 0.25) is 0 Å². The Morgan fingerprint density at radius 2 is 1.09 bits per heavy atom. The third kappa shape index (κ3) is 34.6. The fourth-order valence-corrected chi connectivity index (χ4v) is 6.21. The highest BCUT2D eigenvalue weighted by atomic mass is 31.2. The van der Waals surface area contributed by atoms with Crippen LogP contribution in [0.4, 0.5) is 0 Å². The van der Waals surface area contributed by atoms with Gasteiger partial charge in [-0.05, 0) is 64.2 Å². The number of carbonyl (C=O) groups is 2. The third-order valence-electron chi connectivity index (χ3n) is 8.78. The molecule has 13 heteroatoms. The predicted octanol–water partition coefficient (Wildman–Crippen LogP) is 8.16. The Hall–Kier alpha value is -1.63. The fourth-order valence-electron chi connectivity index (χ4n) is 5.42. The van der Waals surface area contributed by atoms with Gasteiger partial charge in [0, 0.05) is 12.8 Å². The summed E-state index contributed by atoms with van der Waals surface area (Å²) in [6.45, 7) is 2.11. The van der Waals surface area contributed by atoms with E-state index in [-0.39, 0.29) is 19.4 Å². The average Bonchev–Trinajstić information content (AvgIpc) is 3.14. The molecule has 5 atom stereocenters. The van der Waals surface area contributed by atoms with E-state index in [1.165, 1.54) is 38.5 Å². The van der Waals surface area contributed by atoms with Gasteiger partial charge in [-0.3, -0.25) is 18.6 Å². The smallest absolute Gasteiger partial charge is 0.462 e. The summed E-state index contributed by atoms with van der Waals surface area (Å²) in [7, 11) is -4.65. The summed E-state index contributed by atoms with van der Waals surface area (Å²) in [5, 5.41) is 38.7. The van der Waals surface area contributed by atoms with Crippen molar-refractivity contribution in [3.05, 3.63) is 24.3 Å². The number of aliphatic hydroxyl groups excluding tert-OH is 4. The lowest BCUT2D eigenvalue weighted by Crippen LogP contribution is -2.29. The van der Waals surface area contributed by atoms with Crippen LogP contribution in [0.3, 0.4) is 0 Å². The molecule has 0 aromatic rings. The second kappa shape index (κ2) is 36.0. The molecule has 5 N–H and O–H groups in total. The number of aliphatic hydroxyl groups is 4. The monoisotopic (exact) mass is 778 g/mol. The van der Waals surface area contributed by atoms with Crippen LogP contribution in [0.15, 0.2) is 24.3 Å². The van der Waals surface area contributed by atoms with Crippen molar-refractivity contribution in [2.45, 2.75) is 192 Å². The van der Waals surface area contributed by atoms with E-state index in [0.29, 0.717) is 25.7 Å². The SMILES string of the molecule is CCCCC/C=C\C[C@@H](O)[C@H](O)CCCCCCCC(=O)OC[C@H](COP(=O)(O)OC[C@@H](O)CO)OC(=O)CCCCCCC/C=C\CCCCCC. The van der Waals surface area contributed by atoms with Gasteiger partial charge in [-0.1, -0.05) is 115 Å². The van der Waals surface area contributed by atoms with Crippen molar-refractivity contribution in [2.24, 2.45) is 0 Å². The molecular formula is C40H75O12P. The molecule has 0 aliphatic carbocycles. The maximum absolute atomic E-state index is 12.6. The van der Waals surface area contributed by atoms with Crippen molar-refractivity contribution in [1.82, 2.24) is 0 Å². The molecule has 0 bridgehead atoms. The summed E-state index contributed by atoms with van der Waals surface area (Å²) >= 11 is 0. The van der Waals surface area contributed by atoms with Crippen molar-refractivity contribution in [3.8, 4) is 0 Å². The van der Waals surface area contributed by atoms with Crippen LogP contribution in [0.25, 0.3) is 0 Å². The minimum atomic E-state index is -4.65. The highest BCUT2D eigenvalue weighted by molar-refractivity contribution is 7.47. The van der Waals surface area contributed by atoms with Gasteiger partial charge in [0.25, 0.3) is 0 Å². The van der Waals surface area contributed by atoms with E-state index in [9.17, 15) is 34.4 Å². The summed E-state index contributed by atoms with van der Waals surface area (Å²) in [4.78, 5) is 34.9. The van der Waals surface area contributed by atoms with Crippen molar-refractivity contribution in [3.63, 3.8) is 0 Å². The maximum Gasteiger partial charge on any atom is 0.472 e. The summed E-state index contributed by atoms with van der Waals surface area (Å²) in [6, 6.07) is 0. The Bertz CT molecular complexity index is 975. The van der Waals surface area contributed by atoms with E-state index in [1.807, 2.05) is 6.08 Å². The molecule has 0 rings (SSSR count). The van der Waals surface area contributed by atoms with Crippen LogP contribution in [0.5, 0.6) is 0 Å². The Balaban J connectivity index is 4.46. The van der Waals surface area contributed by atoms with Gasteiger partial charge in [0.15, 0.2) is 6.10 Å². The molecule has 312 valence electrons. The first-order valence-corrected chi connectivity index (χ1v) is 22.0. The first kappa shape index (κ1) is 51.4. The van der Waals surface area contributed by atoms with Gasteiger partial charge in [-0.15, -0.1) is 0 Å². The predicted molar refractivity (Wildman–Crippen MR) is 208 cm³/mol. The summed E-state index contributed by atoms with van der Waals surface area (Å²) < 4.78 is 32.5. The summed E-state index contributed by atoms with van der Waals surface area (Å²) in [5.41, 5.74) is 0. The second-order valence-electron chi connectivity index (χ2n) is 14.0. The highest BCUT2D eigenvalue weighted by Gasteiger charge is 2.27. The van der Waals surface area contributed by atoms with Crippen LogP contribution in [-0.4, -0.2) is 88.1 Å². The Kier molecular flexibility index (Phi) is 34.9. The van der Waals surface area contributed by atoms with Crippen molar-refractivity contribution < 1.29 is 58.0 Å². The molecular weight excluding hydrogens is 703 g/mol. The fraction of sp³-hybridized carbons (Fsp3) is 0.850. The molecule has 53 heavy (non-hydrogen) atoms. The molecule has 0 fully saturated rings. The highest BCUT2D eigenvalue weighted by Crippen LogP contribution is 2.43. The lowest BCUT2D eigenvalue weighted by Gasteiger charge is -2.20. The van der Waals surface area contributed by atoms with Gasteiger partial charge in [-0.2, -0.15) is 0 Å². The lowest BCUT2D eigenvalue weighted by atomic mass is 10.0. The zero-order valence-electron chi connectivity index (χ0n) is 33.0. The number of ether oxygens (including phenoxy) is 2. The molecule has 0 amide bonds. The summed E-state index contributed by atoms with van der Waals surface area (Å²) in [6.07, 6.45) is 26.0. The molecule has 0 saturated carbocycles. The normalized spacial score (nSPS) is 15.4. The quantitative estimate of drug-likeness (QED) is 0.0175. The van der Waals surface area contributed by atoms with Crippen molar-refractivity contribution >= 4 is 19.8 Å². The number of carbonyl (C=O) groups excluding carboxylic acids is 2. The molecule has 0 spiro atoms. The molecule has 0 aromatic carbocycles. The zero-order valence-corrected chi connectivity index (χ0v) is 33.9. The molecule has 0 radical (unpaired) electrons. The number of phosphoric acid groups is 1. The Morgan fingerprint density at radius 3 is 1.72 bits per heavy atom. The Morgan fingerprint density at radius 1 is 0.604 bits per heavy atom. The van der Waals surface area contributed by atoms with E-state index in [4.69, 9.17) is 19.1 Å². The van der Waals surface area contributed by atoms with Crippen molar-refractivity contribution in [1.29, 1.82) is 0 Å². The van der Waals surface area contributed by atoms with Gasteiger partial charge in [-0.25, -0.2) is 4.57 Å². The van der Waals surface area contributed by atoms with Gasteiger partial charge < -0.3 is 34.8 Å². The van der Waals surface area contributed by atoms with Crippen LogP contribution >= 0.6 is 7.82 Å². The molecule has 12 nitrogen and oxygen atoms in total. The third-order valence-corrected chi connectivity index (χ3v) is 9.73. The minimum Gasteiger partial charge on any atom is -0.462 e. The van der Waals surface area contributed by atoms with Crippen molar-refractivity contribution in [2.75, 3.05) is 26.4 Å². The van der Waals surface area contributed by atoms with Crippen LogP contribution in [-0.2, 0) is 32.7 Å². The van der Waals surface area contributed by atoms with E-state index < -0.39 is 64.0 Å². The van der Waals surface area contributed by atoms with Crippen LogP contribution in [0.1, 0.15) is 168 Å². The maximum atomic E-state index is 12.6. The Labute approximate surface area is 320 Å². The molecule has 0 saturated heterocycles. The number of hydrogen-bond donors (Lipinski definition) is 5. The molecule has 0 heterocycles. The van der Waals surface area contributed by atoms with E-state index in [0.717, 1.165) is 77.0 Å². The van der Waals surface area contributed by atoms with Crippen LogP contribution < -0.4 is 0 Å². The van der Waals surface area contributed by atoms with Gasteiger partial charge in [0.2, 0.25) is 0 Å². The van der Waals surface area contributed by atoms with E-state index in [2.05, 4.69) is 36.6 Å². The first-order valence-electron chi connectivity index (χ1n) is 20.5. The number of phosphoric ester groups is 1. The van der Waals surface area contributed by atoms with E-state index in [1.54, 1.807) is 0 Å². The van der Waals surface area contributed by atoms with Gasteiger partial charge in [0.05, 0.1) is 32.0 Å². The second-order valence-corrected chi connectivity index (χ2v) is 15.4. The zero-order chi connectivity index (χ0) is 39.4. The number of allylic oxidation sites excluding steroid dienone is 3. The number of esters is 2. The first-order chi connectivity index (χ1) is 25.5. The largest absolute Gasteiger partial charge is 0.472 e. The van der Waals surface area contributed by atoms with E-state index >= 15 is 0 Å². The number of rotatable bonds is 38. The minimum absolute atomic E-state index is 0.142.